The van der Waals surface area contributed by atoms with Crippen molar-refractivity contribution in [3.05, 3.63) is 65.7 Å². The van der Waals surface area contributed by atoms with E-state index in [4.69, 9.17) is 15.6 Å². The van der Waals surface area contributed by atoms with E-state index in [1.54, 1.807) is 0 Å². The highest BCUT2D eigenvalue weighted by molar-refractivity contribution is 5.29. The molecule has 0 aliphatic rings. The molecule has 0 aliphatic carbocycles. The monoisotopic (exact) mass is 243 g/mol. The number of aliphatic hydroxyl groups excluding tert-OH is 1. The van der Waals surface area contributed by atoms with Crippen molar-refractivity contribution in [2.45, 2.75) is 19.3 Å². The fourth-order valence-electron chi connectivity index (χ4n) is 1.74. The van der Waals surface area contributed by atoms with Crippen LogP contribution in [0.1, 0.15) is 11.1 Å². The van der Waals surface area contributed by atoms with Gasteiger partial charge < -0.3 is 15.6 Å². The average Bonchev–Trinajstić information content (AvgIpc) is 2.37. The fraction of sp³-hybridized carbons (Fsp3) is 0.200. The zero-order valence-corrected chi connectivity index (χ0v) is 10.1. The molecule has 0 spiro atoms. The Morgan fingerprint density at radius 2 is 1.72 bits per heavy atom. The van der Waals surface area contributed by atoms with E-state index in [9.17, 15) is 0 Å². The van der Waals surface area contributed by atoms with Crippen LogP contribution in [0.5, 0.6) is 5.75 Å². The molecule has 3 N–H and O–H groups in total. The van der Waals surface area contributed by atoms with Crippen molar-refractivity contribution in [1.29, 1.82) is 0 Å². The summed E-state index contributed by atoms with van der Waals surface area (Å²) in [7, 11) is 0. The minimum absolute atomic E-state index is 0.433. The molecular weight excluding hydrogens is 226 g/mol. The van der Waals surface area contributed by atoms with E-state index in [0.29, 0.717) is 13.0 Å². The number of nitrogens with two attached hydrogens (primary N) is 1. The first kappa shape index (κ1) is 12.6. The van der Waals surface area contributed by atoms with Crippen molar-refractivity contribution in [2.24, 2.45) is 5.73 Å². The lowest BCUT2D eigenvalue weighted by Crippen LogP contribution is -2.21. The Balaban J connectivity index is 1.97. The van der Waals surface area contributed by atoms with Crippen LogP contribution < -0.4 is 10.5 Å². The molecule has 0 saturated heterocycles. The van der Waals surface area contributed by atoms with E-state index in [1.807, 2.05) is 54.6 Å². The zero-order valence-electron chi connectivity index (χ0n) is 10.1. The maximum atomic E-state index is 9.14. The van der Waals surface area contributed by atoms with Crippen molar-refractivity contribution in [3.8, 4) is 5.75 Å². The van der Waals surface area contributed by atoms with Gasteiger partial charge in [-0.25, -0.2) is 0 Å². The van der Waals surface area contributed by atoms with Crippen LogP contribution in [0.2, 0.25) is 0 Å². The fourth-order valence-corrected chi connectivity index (χ4v) is 1.74. The van der Waals surface area contributed by atoms with Crippen molar-refractivity contribution in [2.75, 3.05) is 0 Å². The summed E-state index contributed by atoms with van der Waals surface area (Å²) >= 11 is 0. The van der Waals surface area contributed by atoms with Gasteiger partial charge in [-0.1, -0.05) is 42.5 Å². The number of hydrogen-bond donors (Lipinski definition) is 2. The summed E-state index contributed by atoms with van der Waals surface area (Å²) in [5.41, 5.74) is 7.45. The maximum Gasteiger partial charge on any atom is 0.120 e. The average molecular weight is 243 g/mol. The Kier molecular flexibility index (Phi) is 4.34. The number of rotatable bonds is 5. The van der Waals surface area contributed by atoms with Gasteiger partial charge in [0.2, 0.25) is 0 Å². The zero-order chi connectivity index (χ0) is 12.8. The second-order valence-electron chi connectivity index (χ2n) is 4.19. The summed E-state index contributed by atoms with van der Waals surface area (Å²) in [5.74, 6) is 0.789. The molecule has 2 aromatic carbocycles. The molecule has 3 nitrogen and oxygen atoms in total. The molecule has 0 fully saturated rings. The molecule has 1 unspecified atom stereocenters. The normalized spacial score (nSPS) is 12.1. The molecule has 1 atom stereocenters. The van der Waals surface area contributed by atoms with Gasteiger partial charge in [-0.05, 0) is 23.3 Å². The quantitative estimate of drug-likeness (QED) is 0.791. The van der Waals surface area contributed by atoms with Crippen LogP contribution in [0.25, 0.3) is 0 Å². The number of ether oxygens (including phenoxy) is 1. The first-order valence-electron chi connectivity index (χ1n) is 5.93. The molecule has 0 aromatic heterocycles. The molecule has 0 amide bonds. The van der Waals surface area contributed by atoms with Crippen LogP contribution in [-0.2, 0) is 13.0 Å². The Morgan fingerprint density at radius 1 is 1.00 bits per heavy atom. The smallest absolute Gasteiger partial charge is 0.120 e. The van der Waals surface area contributed by atoms with Gasteiger partial charge in [0.05, 0.1) is 0 Å². The molecule has 0 aliphatic heterocycles. The molecule has 0 radical (unpaired) electrons. The number of aliphatic hydroxyl groups is 1. The molecule has 94 valence electrons. The van der Waals surface area contributed by atoms with E-state index < -0.39 is 6.23 Å². The standard InChI is InChI=1S/C15H17NO2/c16-15(17)10-13-7-4-8-14(9-13)18-11-12-5-2-1-3-6-12/h1-9,15,17H,10-11,16H2. The largest absolute Gasteiger partial charge is 0.489 e. The van der Waals surface area contributed by atoms with Crippen LogP contribution in [0.4, 0.5) is 0 Å². The van der Waals surface area contributed by atoms with Crippen LogP contribution in [0.3, 0.4) is 0 Å². The lowest BCUT2D eigenvalue weighted by atomic mass is 10.1. The molecule has 2 aromatic rings. The molecule has 18 heavy (non-hydrogen) atoms. The highest BCUT2D eigenvalue weighted by atomic mass is 16.5. The third-order valence-electron chi connectivity index (χ3n) is 2.59. The predicted molar refractivity (Wildman–Crippen MR) is 71.1 cm³/mol. The van der Waals surface area contributed by atoms with Crippen LogP contribution in [-0.4, -0.2) is 11.3 Å². The van der Waals surface area contributed by atoms with Crippen molar-refractivity contribution in [1.82, 2.24) is 0 Å². The van der Waals surface area contributed by atoms with Crippen molar-refractivity contribution in [3.63, 3.8) is 0 Å². The summed E-state index contributed by atoms with van der Waals surface area (Å²) in [4.78, 5) is 0. The Labute approximate surface area is 107 Å². The maximum absolute atomic E-state index is 9.14. The summed E-state index contributed by atoms with van der Waals surface area (Å²) in [6, 6.07) is 17.6. The number of hydrogen-bond acceptors (Lipinski definition) is 3. The van der Waals surface area contributed by atoms with Crippen molar-refractivity contribution >= 4 is 0 Å². The molecule has 0 bridgehead atoms. The highest BCUT2D eigenvalue weighted by Gasteiger charge is 2.01. The minimum Gasteiger partial charge on any atom is -0.489 e. The highest BCUT2D eigenvalue weighted by Crippen LogP contribution is 2.15. The van der Waals surface area contributed by atoms with Gasteiger partial charge in [0, 0.05) is 6.42 Å². The van der Waals surface area contributed by atoms with Gasteiger partial charge >= 0.3 is 0 Å². The van der Waals surface area contributed by atoms with E-state index in [0.717, 1.165) is 16.9 Å². The van der Waals surface area contributed by atoms with E-state index in [2.05, 4.69) is 0 Å². The summed E-state index contributed by atoms with van der Waals surface area (Å²) in [6.45, 7) is 0.537. The van der Waals surface area contributed by atoms with E-state index in [1.165, 1.54) is 0 Å². The third kappa shape index (κ3) is 3.87. The summed E-state index contributed by atoms with van der Waals surface area (Å²) < 4.78 is 5.69. The third-order valence-corrected chi connectivity index (χ3v) is 2.59. The number of benzene rings is 2. The Bertz CT molecular complexity index is 483. The van der Waals surface area contributed by atoms with Gasteiger partial charge in [0.25, 0.3) is 0 Å². The van der Waals surface area contributed by atoms with Gasteiger partial charge in [0.1, 0.15) is 18.6 Å². The van der Waals surface area contributed by atoms with E-state index in [-0.39, 0.29) is 0 Å². The minimum atomic E-state index is -0.825. The first-order chi connectivity index (χ1) is 8.74. The van der Waals surface area contributed by atoms with Gasteiger partial charge in [-0.15, -0.1) is 0 Å². The SMILES string of the molecule is NC(O)Cc1cccc(OCc2ccccc2)c1. The second kappa shape index (κ2) is 6.19. The van der Waals surface area contributed by atoms with Gasteiger partial charge in [-0.2, -0.15) is 0 Å². The lowest BCUT2D eigenvalue weighted by molar-refractivity contribution is 0.183. The van der Waals surface area contributed by atoms with Gasteiger partial charge in [-0.3, -0.25) is 0 Å². The molecule has 0 heterocycles. The topological polar surface area (TPSA) is 55.5 Å². The van der Waals surface area contributed by atoms with Crippen LogP contribution in [0.15, 0.2) is 54.6 Å². The Hall–Kier alpha value is -1.84. The molecule has 3 heteroatoms. The van der Waals surface area contributed by atoms with E-state index >= 15 is 0 Å². The first-order valence-corrected chi connectivity index (χ1v) is 5.93. The van der Waals surface area contributed by atoms with Gasteiger partial charge in [0.15, 0.2) is 0 Å². The second-order valence-corrected chi connectivity index (χ2v) is 4.19. The van der Waals surface area contributed by atoms with Crippen LogP contribution >= 0.6 is 0 Å². The molecule has 2 rings (SSSR count). The predicted octanol–water partition coefficient (Wildman–Crippen LogP) is 2.09. The van der Waals surface area contributed by atoms with Crippen LogP contribution in [0, 0.1) is 0 Å². The molecular formula is C15H17NO2. The lowest BCUT2D eigenvalue weighted by Gasteiger charge is -2.09. The summed E-state index contributed by atoms with van der Waals surface area (Å²) in [6.07, 6.45) is -0.392. The summed E-state index contributed by atoms with van der Waals surface area (Å²) in [5, 5.41) is 9.14. The Morgan fingerprint density at radius 3 is 2.44 bits per heavy atom. The molecule has 0 saturated carbocycles. The van der Waals surface area contributed by atoms with Crippen molar-refractivity contribution < 1.29 is 9.84 Å².